The van der Waals surface area contributed by atoms with Crippen molar-refractivity contribution in [3.8, 4) is 0 Å². The summed E-state index contributed by atoms with van der Waals surface area (Å²) in [7, 11) is 3.91. The molecule has 0 atom stereocenters. The molecule has 1 aliphatic rings. The van der Waals surface area contributed by atoms with Crippen LogP contribution < -0.4 is 15.1 Å². The fourth-order valence-corrected chi connectivity index (χ4v) is 4.13. The maximum Gasteiger partial charge on any atom is 0.229 e. The lowest BCUT2D eigenvalue weighted by atomic mass is 10.0. The van der Waals surface area contributed by atoms with Gasteiger partial charge in [-0.15, -0.1) is 0 Å². The normalized spacial score (nSPS) is 14.4. The molecule has 3 aromatic rings. The highest BCUT2D eigenvalue weighted by molar-refractivity contribution is 5.67. The van der Waals surface area contributed by atoms with E-state index in [4.69, 9.17) is 0 Å². The average Bonchev–Trinajstić information content (AvgIpc) is 2.81. The summed E-state index contributed by atoms with van der Waals surface area (Å²) in [4.78, 5) is 14.9. The predicted molar refractivity (Wildman–Crippen MR) is 131 cm³/mol. The van der Waals surface area contributed by atoms with Crippen molar-refractivity contribution in [2.24, 2.45) is 0 Å². The first-order chi connectivity index (χ1) is 15.9. The van der Waals surface area contributed by atoms with Crippen LogP contribution in [0.25, 0.3) is 0 Å². The lowest BCUT2D eigenvalue weighted by Gasteiger charge is -2.34. The molecule has 0 aliphatic carbocycles. The molecule has 174 valence electrons. The molecule has 0 bridgehead atoms. The largest absolute Gasteiger partial charge is 0.392 e. The molecule has 7 nitrogen and oxygen atoms in total. The lowest BCUT2D eigenvalue weighted by Crippen LogP contribution is -2.44. The number of aliphatic hydroxyl groups excluding tert-OH is 1. The van der Waals surface area contributed by atoms with Gasteiger partial charge >= 0.3 is 0 Å². The quantitative estimate of drug-likeness (QED) is 0.589. The Morgan fingerprint density at radius 3 is 2.42 bits per heavy atom. The summed E-state index contributed by atoms with van der Waals surface area (Å²) in [6, 6.07) is 12.0. The van der Waals surface area contributed by atoms with Gasteiger partial charge in [-0.25, -0.2) is 9.37 Å². The summed E-state index contributed by atoms with van der Waals surface area (Å²) >= 11 is 0. The molecular weight excluding hydrogens is 419 g/mol. The van der Waals surface area contributed by atoms with E-state index in [1.165, 1.54) is 11.9 Å². The number of likely N-dealkylation sites (N-methyl/N-ethyl adjacent to an activating group) is 1. The minimum absolute atomic E-state index is 0.0733. The van der Waals surface area contributed by atoms with Crippen molar-refractivity contribution >= 4 is 28.8 Å². The highest BCUT2D eigenvalue weighted by Crippen LogP contribution is 2.31. The van der Waals surface area contributed by atoms with Crippen LogP contribution in [-0.2, 0) is 6.61 Å². The van der Waals surface area contributed by atoms with Gasteiger partial charge < -0.3 is 25.1 Å². The number of piperazine rings is 1. The van der Waals surface area contributed by atoms with Gasteiger partial charge in [-0.1, -0.05) is 6.07 Å². The summed E-state index contributed by atoms with van der Waals surface area (Å²) in [5, 5.41) is 12.8. The van der Waals surface area contributed by atoms with Crippen molar-refractivity contribution in [3.63, 3.8) is 0 Å². The average molecular weight is 451 g/mol. The van der Waals surface area contributed by atoms with Crippen molar-refractivity contribution < 1.29 is 9.50 Å². The molecule has 0 radical (unpaired) electrons. The van der Waals surface area contributed by atoms with E-state index in [1.54, 1.807) is 11.9 Å². The van der Waals surface area contributed by atoms with Crippen LogP contribution in [0.1, 0.15) is 16.7 Å². The van der Waals surface area contributed by atoms with Crippen LogP contribution in [0.3, 0.4) is 0 Å². The molecule has 2 N–H and O–H groups in total. The molecule has 1 aromatic heterocycles. The summed E-state index contributed by atoms with van der Waals surface area (Å²) in [6.45, 7) is 7.97. The first-order valence-electron chi connectivity index (χ1n) is 11.1. The second-order valence-electron chi connectivity index (χ2n) is 8.61. The van der Waals surface area contributed by atoms with Crippen LogP contribution in [0, 0.1) is 19.7 Å². The number of aromatic nitrogens is 2. The van der Waals surface area contributed by atoms with Crippen LogP contribution in [0.15, 0.2) is 42.6 Å². The van der Waals surface area contributed by atoms with E-state index in [1.807, 2.05) is 38.1 Å². The van der Waals surface area contributed by atoms with Crippen LogP contribution in [0.4, 0.5) is 33.2 Å². The molecule has 0 spiro atoms. The van der Waals surface area contributed by atoms with Gasteiger partial charge in [0.05, 0.1) is 12.8 Å². The van der Waals surface area contributed by atoms with E-state index < -0.39 is 5.82 Å². The maximum atomic E-state index is 14.7. The third kappa shape index (κ3) is 5.07. The van der Waals surface area contributed by atoms with Crippen LogP contribution in [0.2, 0.25) is 0 Å². The SMILES string of the molecule is Cc1cc(C)c(N(C)c2nc(Nc3ccc(N4CCN(C)CC4)cc3)ncc2F)cc1CO. The van der Waals surface area contributed by atoms with Crippen molar-refractivity contribution in [1.29, 1.82) is 0 Å². The molecule has 2 heterocycles. The monoisotopic (exact) mass is 450 g/mol. The Hall–Kier alpha value is -3.23. The number of aliphatic hydroxyl groups is 1. The second-order valence-corrected chi connectivity index (χ2v) is 8.61. The zero-order valence-electron chi connectivity index (χ0n) is 19.6. The molecule has 0 saturated carbocycles. The molecule has 8 heteroatoms. The van der Waals surface area contributed by atoms with Gasteiger partial charge in [-0.2, -0.15) is 4.98 Å². The number of hydrogen-bond acceptors (Lipinski definition) is 7. The molecular formula is C25H31FN6O. The number of hydrogen-bond donors (Lipinski definition) is 2. The number of anilines is 5. The summed E-state index contributed by atoms with van der Waals surface area (Å²) < 4.78 is 14.7. The topological polar surface area (TPSA) is 67.8 Å². The van der Waals surface area contributed by atoms with Crippen LogP contribution >= 0.6 is 0 Å². The highest BCUT2D eigenvalue weighted by Gasteiger charge is 2.17. The van der Waals surface area contributed by atoms with E-state index in [0.717, 1.165) is 54.2 Å². The van der Waals surface area contributed by atoms with Crippen molar-refractivity contribution in [2.45, 2.75) is 20.5 Å². The zero-order valence-corrected chi connectivity index (χ0v) is 19.6. The van der Waals surface area contributed by atoms with Gasteiger partial charge in [0.2, 0.25) is 5.95 Å². The number of nitrogens with one attached hydrogen (secondary N) is 1. The Kier molecular flexibility index (Phi) is 6.76. The van der Waals surface area contributed by atoms with E-state index >= 15 is 0 Å². The van der Waals surface area contributed by atoms with Gasteiger partial charge in [-0.05, 0) is 67.9 Å². The molecule has 1 aliphatic heterocycles. The molecule has 1 fully saturated rings. The van der Waals surface area contributed by atoms with Crippen molar-refractivity contribution in [1.82, 2.24) is 14.9 Å². The number of benzene rings is 2. The van der Waals surface area contributed by atoms with Crippen LogP contribution in [-0.4, -0.2) is 60.2 Å². The number of rotatable bonds is 6. The van der Waals surface area contributed by atoms with E-state index in [0.29, 0.717) is 5.95 Å². The summed E-state index contributed by atoms with van der Waals surface area (Å²) in [5.41, 5.74) is 5.57. The molecule has 33 heavy (non-hydrogen) atoms. The molecule has 4 rings (SSSR count). The van der Waals surface area contributed by atoms with Gasteiger partial charge in [0.1, 0.15) is 0 Å². The Labute approximate surface area is 194 Å². The number of nitrogens with zero attached hydrogens (tertiary/aromatic N) is 5. The van der Waals surface area contributed by atoms with E-state index in [2.05, 4.69) is 44.3 Å². The van der Waals surface area contributed by atoms with Gasteiger partial charge in [0.15, 0.2) is 11.6 Å². The molecule has 0 unspecified atom stereocenters. The third-order valence-electron chi connectivity index (χ3n) is 6.22. The standard InChI is InChI=1S/C25H31FN6O/c1-17-13-18(2)23(14-19(17)16-33)31(4)24-22(26)15-27-25(29-24)28-20-5-7-21(8-6-20)32-11-9-30(3)10-12-32/h5-8,13-15,33H,9-12,16H2,1-4H3,(H,27,28,29). The third-order valence-corrected chi connectivity index (χ3v) is 6.22. The first-order valence-corrected chi connectivity index (χ1v) is 11.1. The number of halogens is 1. The van der Waals surface area contributed by atoms with Gasteiger partial charge in [0.25, 0.3) is 0 Å². The Morgan fingerprint density at radius 1 is 1.06 bits per heavy atom. The minimum atomic E-state index is -0.515. The van der Waals surface area contributed by atoms with E-state index in [9.17, 15) is 9.50 Å². The van der Waals surface area contributed by atoms with E-state index in [-0.39, 0.29) is 12.4 Å². The zero-order chi connectivity index (χ0) is 23.5. The Morgan fingerprint density at radius 2 is 1.76 bits per heavy atom. The first kappa shape index (κ1) is 22.9. The second kappa shape index (κ2) is 9.72. The minimum Gasteiger partial charge on any atom is -0.392 e. The van der Waals surface area contributed by atoms with Gasteiger partial charge in [0, 0.05) is 50.3 Å². The van der Waals surface area contributed by atoms with Crippen molar-refractivity contribution in [2.75, 3.05) is 55.4 Å². The number of aryl methyl sites for hydroxylation is 2. The summed E-state index contributed by atoms with van der Waals surface area (Å²) in [5.74, 6) is -0.0332. The maximum absolute atomic E-state index is 14.7. The van der Waals surface area contributed by atoms with Gasteiger partial charge in [-0.3, -0.25) is 0 Å². The predicted octanol–water partition coefficient (Wildman–Crippen LogP) is 3.99. The smallest absolute Gasteiger partial charge is 0.229 e. The Balaban J connectivity index is 1.53. The summed E-state index contributed by atoms with van der Waals surface area (Å²) in [6.07, 6.45) is 1.18. The lowest BCUT2D eigenvalue weighted by molar-refractivity contribution is 0.281. The highest BCUT2D eigenvalue weighted by atomic mass is 19.1. The molecule has 0 amide bonds. The fourth-order valence-electron chi connectivity index (χ4n) is 4.13. The fraction of sp³-hybridized carbons (Fsp3) is 0.360. The Bertz CT molecular complexity index is 1110. The van der Waals surface area contributed by atoms with Crippen LogP contribution in [0.5, 0.6) is 0 Å². The molecule has 2 aromatic carbocycles. The molecule has 1 saturated heterocycles. The van der Waals surface area contributed by atoms with Crippen molar-refractivity contribution in [3.05, 3.63) is 65.1 Å².